The van der Waals surface area contributed by atoms with E-state index < -0.39 is 10.0 Å². The van der Waals surface area contributed by atoms with E-state index in [4.69, 9.17) is 0 Å². The molecule has 6 heteroatoms. The van der Waals surface area contributed by atoms with Gasteiger partial charge in [0.15, 0.2) is 0 Å². The zero-order valence-corrected chi connectivity index (χ0v) is 16.7. The highest BCUT2D eigenvalue weighted by Gasteiger charge is 2.19. The number of sulfonamides is 1. The quantitative estimate of drug-likeness (QED) is 0.689. The molecule has 1 heterocycles. The van der Waals surface area contributed by atoms with E-state index in [-0.39, 0.29) is 0 Å². The van der Waals surface area contributed by atoms with Crippen LogP contribution < -0.4 is 4.72 Å². The molecule has 1 N–H and O–H groups in total. The van der Waals surface area contributed by atoms with Crippen LogP contribution in [-0.4, -0.2) is 19.9 Å². The Morgan fingerprint density at radius 1 is 1.04 bits per heavy atom. The minimum absolute atomic E-state index is 0.326. The van der Waals surface area contributed by atoms with Crippen LogP contribution in [0.2, 0.25) is 0 Å². The van der Waals surface area contributed by atoms with Crippen LogP contribution in [0.3, 0.4) is 0 Å². The van der Waals surface area contributed by atoms with Crippen LogP contribution in [0.15, 0.2) is 52.7 Å². The van der Waals surface area contributed by atoms with Gasteiger partial charge in [0, 0.05) is 23.9 Å². The molecule has 0 saturated carbocycles. The lowest BCUT2D eigenvalue weighted by Gasteiger charge is -2.12. The van der Waals surface area contributed by atoms with Crippen molar-refractivity contribution < 1.29 is 8.42 Å². The third kappa shape index (κ3) is 4.20. The first-order valence-corrected chi connectivity index (χ1v) is 10.8. The summed E-state index contributed by atoms with van der Waals surface area (Å²) in [6, 6.07) is 13.8. The van der Waals surface area contributed by atoms with Gasteiger partial charge in [0.05, 0.1) is 10.6 Å². The second-order valence-electron chi connectivity index (χ2n) is 6.39. The van der Waals surface area contributed by atoms with Gasteiger partial charge in [-0.3, -0.25) is 0 Å². The second-order valence-corrected chi connectivity index (χ2v) is 8.95. The van der Waals surface area contributed by atoms with Gasteiger partial charge >= 0.3 is 0 Å². The standard InChI is InChI=1S/C20H22N2O2S2/c1-14-11-15(2)19(16(3)12-14)26(23,24)21-10-9-18-13-25-20(22-18)17-7-5-4-6-8-17/h4-8,11-13,21H,9-10H2,1-3H3. The van der Waals surface area contributed by atoms with Crippen molar-refractivity contribution in [2.75, 3.05) is 6.54 Å². The Morgan fingerprint density at radius 2 is 1.69 bits per heavy atom. The van der Waals surface area contributed by atoms with Gasteiger partial charge in [-0.1, -0.05) is 48.0 Å². The fourth-order valence-electron chi connectivity index (χ4n) is 3.11. The van der Waals surface area contributed by atoms with Crippen LogP contribution in [0.1, 0.15) is 22.4 Å². The van der Waals surface area contributed by atoms with Gasteiger partial charge in [0.1, 0.15) is 5.01 Å². The normalized spacial score (nSPS) is 11.7. The van der Waals surface area contributed by atoms with Gasteiger partial charge in [-0.2, -0.15) is 0 Å². The maximum Gasteiger partial charge on any atom is 0.241 e. The molecule has 0 aliphatic carbocycles. The highest BCUT2D eigenvalue weighted by atomic mass is 32.2. The molecule has 4 nitrogen and oxygen atoms in total. The third-order valence-electron chi connectivity index (χ3n) is 4.12. The molecule has 0 aliphatic heterocycles. The van der Waals surface area contributed by atoms with E-state index >= 15 is 0 Å². The lowest BCUT2D eigenvalue weighted by molar-refractivity contribution is 0.580. The summed E-state index contributed by atoms with van der Waals surface area (Å²) in [5.41, 5.74) is 4.59. The van der Waals surface area contributed by atoms with Crippen molar-refractivity contribution in [3.8, 4) is 10.6 Å². The molecule has 2 aromatic carbocycles. The molecule has 26 heavy (non-hydrogen) atoms. The fraction of sp³-hybridized carbons (Fsp3) is 0.250. The lowest BCUT2D eigenvalue weighted by atomic mass is 10.1. The van der Waals surface area contributed by atoms with Crippen molar-refractivity contribution >= 4 is 21.4 Å². The lowest BCUT2D eigenvalue weighted by Crippen LogP contribution is -2.27. The van der Waals surface area contributed by atoms with Crippen LogP contribution in [-0.2, 0) is 16.4 Å². The summed E-state index contributed by atoms with van der Waals surface area (Å²) in [5.74, 6) is 0. The fourth-order valence-corrected chi connectivity index (χ4v) is 5.45. The third-order valence-corrected chi connectivity index (χ3v) is 6.82. The molecule has 0 spiro atoms. The predicted molar refractivity (Wildman–Crippen MR) is 107 cm³/mol. The SMILES string of the molecule is Cc1cc(C)c(S(=O)(=O)NCCc2csc(-c3ccccc3)n2)c(C)c1. The predicted octanol–water partition coefficient (Wildman–Crippen LogP) is 4.26. The maximum atomic E-state index is 12.7. The maximum absolute atomic E-state index is 12.7. The van der Waals surface area contributed by atoms with Crippen molar-refractivity contribution in [2.24, 2.45) is 0 Å². The Kier molecular flexibility index (Phi) is 5.55. The molecule has 0 saturated heterocycles. The number of rotatable bonds is 6. The highest BCUT2D eigenvalue weighted by molar-refractivity contribution is 7.89. The van der Waals surface area contributed by atoms with Crippen molar-refractivity contribution in [1.82, 2.24) is 9.71 Å². The van der Waals surface area contributed by atoms with E-state index in [2.05, 4.69) is 9.71 Å². The van der Waals surface area contributed by atoms with Crippen LogP contribution in [0, 0.1) is 20.8 Å². The molecule has 0 fully saturated rings. The van der Waals surface area contributed by atoms with Gasteiger partial charge in [-0.25, -0.2) is 18.1 Å². The number of hydrogen-bond donors (Lipinski definition) is 1. The summed E-state index contributed by atoms with van der Waals surface area (Å²) < 4.78 is 28.1. The highest BCUT2D eigenvalue weighted by Crippen LogP contribution is 2.24. The van der Waals surface area contributed by atoms with Crippen molar-refractivity contribution in [2.45, 2.75) is 32.1 Å². The van der Waals surface area contributed by atoms with E-state index in [0.29, 0.717) is 17.9 Å². The van der Waals surface area contributed by atoms with E-state index in [1.165, 1.54) is 0 Å². The second kappa shape index (κ2) is 7.70. The molecule has 3 aromatic rings. The number of benzene rings is 2. The summed E-state index contributed by atoms with van der Waals surface area (Å²) in [6.07, 6.45) is 0.562. The molecule has 0 aliphatic rings. The summed E-state index contributed by atoms with van der Waals surface area (Å²) in [4.78, 5) is 4.98. The number of aryl methyl sites for hydroxylation is 3. The Morgan fingerprint density at radius 3 is 2.35 bits per heavy atom. The average Bonchev–Trinajstić information content (AvgIpc) is 3.03. The number of nitrogens with zero attached hydrogens (tertiary/aromatic N) is 1. The van der Waals surface area contributed by atoms with Crippen molar-refractivity contribution in [1.29, 1.82) is 0 Å². The average molecular weight is 387 g/mol. The van der Waals surface area contributed by atoms with Gasteiger partial charge < -0.3 is 0 Å². The zero-order valence-electron chi connectivity index (χ0n) is 15.1. The molecule has 0 amide bonds. The first-order valence-electron chi connectivity index (χ1n) is 8.44. The van der Waals surface area contributed by atoms with Gasteiger partial charge in [-0.05, 0) is 31.9 Å². The Bertz CT molecular complexity index is 986. The monoisotopic (exact) mass is 386 g/mol. The first-order chi connectivity index (χ1) is 12.4. The number of thiazole rings is 1. The molecule has 0 atom stereocenters. The Balaban J connectivity index is 1.68. The van der Waals surface area contributed by atoms with E-state index in [9.17, 15) is 8.42 Å². The Hall–Kier alpha value is -2.02. The molecule has 136 valence electrons. The minimum atomic E-state index is -3.53. The number of hydrogen-bond acceptors (Lipinski definition) is 4. The molecule has 0 unspecified atom stereocenters. The molecular formula is C20H22N2O2S2. The summed E-state index contributed by atoms with van der Waals surface area (Å²) in [5, 5.41) is 2.94. The first kappa shape index (κ1) is 18.8. The van der Waals surface area contributed by atoms with Crippen LogP contribution >= 0.6 is 11.3 Å². The van der Waals surface area contributed by atoms with Crippen LogP contribution in [0.4, 0.5) is 0 Å². The summed E-state index contributed by atoms with van der Waals surface area (Å²) in [7, 11) is -3.53. The summed E-state index contributed by atoms with van der Waals surface area (Å²) in [6.45, 7) is 5.96. The smallest absolute Gasteiger partial charge is 0.241 e. The number of nitrogens with one attached hydrogen (secondary N) is 1. The molecular weight excluding hydrogens is 364 g/mol. The van der Waals surface area contributed by atoms with Gasteiger partial charge in [-0.15, -0.1) is 11.3 Å². The molecule has 3 rings (SSSR count). The molecule has 1 aromatic heterocycles. The van der Waals surface area contributed by atoms with E-state index in [1.54, 1.807) is 11.3 Å². The zero-order chi connectivity index (χ0) is 18.7. The van der Waals surface area contributed by atoms with Gasteiger partial charge in [0.25, 0.3) is 0 Å². The minimum Gasteiger partial charge on any atom is -0.241 e. The Labute approximate surface area is 159 Å². The number of aromatic nitrogens is 1. The summed E-state index contributed by atoms with van der Waals surface area (Å²) >= 11 is 1.58. The molecule has 0 radical (unpaired) electrons. The van der Waals surface area contributed by atoms with Crippen LogP contribution in [0.5, 0.6) is 0 Å². The van der Waals surface area contributed by atoms with Gasteiger partial charge in [0.2, 0.25) is 10.0 Å². The van der Waals surface area contributed by atoms with Crippen molar-refractivity contribution in [3.05, 3.63) is 70.2 Å². The molecule has 0 bridgehead atoms. The largest absolute Gasteiger partial charge is 0.241 e. The van der Waals surface area contributed by atoms with Crippen molar-refractivity contribution in [3.63, 3.8) is 0 Å². The van der Waals surface area contributed by atoms with E-state index in [0.717, 1.165) is 33.0 Å². The van der Waals surface area contributed by atoms with E-state index in [1.807, 2.05) is 68.6 Å². The van der Waals surface area contributed by atoms with Crippen LogP contribution in [0.25, 0.3) is 10.6 Å². The topological polar surface area (TPSA) is 59.1 Å².